The minimum Gasteiger partial charge on any atom is -0.451 e. The summed E-state index contributed by atoms with van der Waals surface area (Å²) in [6.07, 6.45) is 1.29. The number of H-pyrrole nitrogens is 1. The smallest absolute Gasteiger partial charge is 0.328 e. The number of para-hydroxylation sites is 1. The summed E-state index contributed by atoms with van der Waals surface area (Å²) in [5.41, 5.74) is -0.475. The van der Waals surface area contributed by atoms with Gasteiger partial charge in [0, 0.05) is 43.8 Å². The van der Waals surface area contributed by atoms with Gasteiger partial charge in [-0.05, 0) is 12.1 Å². The number of carbonyl (C=O) groups is 2. The second-order valence-corrected chi connectivity index (χ2v) is 6.56. The van der Waals surface area contributed by atoms with Crippen LogP contribution in [0.25, 0.3) is 11.0 Å². The number of amides is 2. The van der Waals surface area contributed by atoms with E-state index in [1.807, 2.05) is 24.3 Å². The molecule has 28 heavy (non-hydrogen) atoms. The number of nitrogens with zero attached hydrogens (tertiary/aromatic N) is 3. The highest BCUT2D eigenvalue weighted by atomic mass is 16.3. The van der Waals surface area contributed by atoms with Gasteiger partial charge in [0.15, 0.2) is 5.76 Å². The number of furan rings is 1. The van der Waals surface area contributed by atoms with Crippen molar-refractivity contribution in [1.29, 1.82) is 0 Å². The Morgan fingerprint density at radius 2 is 1.71 bits per heavy atom. The standard InChI is InChI=1S/C19H18N4O5/c24-16-5-6-23(19(27)20-16)12-17(25)21-7-9-22(10-8-21)18(26)15-11-13-3-1-2-4-14(13)28-15/h1-6,11H,7-10,12H2,(H,20,24,27). The predicted molar refractivity (Wildman–Crippen MR) is 100 cm³/mol. The van der Waals surface area contributed by atoms with Crippen LogP contribution in [0.1, 0.15) is 10.6 Å². The minimum absolute atomic E-state index is 0.160. The maximum Gasteiger partial charge on any atom is 0.328 e. The van der Waals surface area contributed by atoms with E-state index in [0.29, 0.717) is 31.8 Å². The third kappa shape index (κ3) is 3.46. The Balaban J connectivity index is 1.38. The molecule has 9 nitrogen and oxygen atoms in total. The zero-order valence-electron chi connectivity index (χ0n) is 15.0. The van der Waals surface area contributed by atoms with E-state index in [1.165, 1.54) is 12.3 Å². The third-order valence-corrected chi connectivity index (χ3v) is 4.76. The van der Waals surface area contributed by atoms with Gasteiger partial charge in [0.05, 0.1) is 0 Å². The number of fused-ring (bicyclic) bond motifs is 1. The predicted octanol–water partition coefficient (Wildman–Crippen LogP) is 0.267. The molecule has 0 bridgehead atoms. The van der Waals surface area contributed by atoms with Crippen molar-refractivity contribution in [2.24, 2.45) is 0 Å². The van der Waals surface area contributed by atoms with Crippen LogP contribution >= 0.6 is 0 Å². The summed E-state index contributed by atoms with van der Waals surface area (Å²) in [4.78, 5) is 53.2. The number of hydrogen-bond acceptors (Lipinski definition) is 5. The van der Waals surface area contributed by atoms with Crippen LogP contribution in [0.15, 0.2) is 56.6 Å². The summed E-state index contributed by atoms with van der Waals surface area (Å²) in [5, 5.41) is 0.867. The topological polar surface area (TPSA) is 109 Å². The first-order chi connectivity index (χ1) is 13.5. The molecule has 0 atom stereocenters. The van der Waals surface area contributed by atoms with E-state index in [-0.39, 0.29) is 24.1 Å². The Morgan fingerprint density at radius 1 is 1.00 bits per heavy atom. The number of aromatic nitrogens is 2. The maximum absolute atomic E-state index is 12.7. The van der Waals surface area contributed by atoms with Gasteiger partial charge in [0.25, 0.3) is 11.5 Å². The highest BCUT2D eigenvalue weighted by Gasteiger charge is 2.26. The van der Waals surface area contributed by atoms with Crippen molar-refractivity contribution in [2.75, 3.05) is 26.2 Å². The van der Waals surface area contributed by atoms with E-state index in [1.54, 1.807) is 15.9 Å². The fourth-order valence-corrected chi connectivity index (χ4v) is 3.22. The van der Waals surface area contributed by atoms with Gasteiger partial charge in [0.2, 0.25) is 5.91 Å². The fourth-order valence-electron chi connectivity index (χ4n) is 3.22. The Kier molecular flexibility index (Phi) is 4.56. The normalized spacial score (nSPS) is 14.4. The number of hydrogen-bond donors (Lipinski definition) is 1. The summed E-state index contributed by atoms with van der Waals surface area (Å²) in [5.74, 6) is -0.175. The SMILES string of the molecule is O=C(Cn1ccc(=O)[nH]c1=O)N1CCN(C(=O)c2cc3ccccc3o2)CC1. The van der Waals surface area contributed by atoms with Crippen LogP contribution in [-0.4, -0.2) is 57.3 Å². The Morgan fingerprint density at radius 3 is 2.43 bits per heavy atom. The molecule has 1 aliphatic rings. The fraction of sp³-hybridized carbons (Fsp3) is 0.263. The summed E-state index contributed by atoms with van der Waals surface area (Å²) in [7, 11) is 0. The number of aromatic amines is 1. The molecule has 0 saturated carbocycles. The van der Waals surface area contributed by atoms with Crippen molar-refractivity contribution >= 4 is 22.8 Å². The molecule has 1 aliphatic heterocycles. The molecule has 2 aromatic heterocycles. The molecule has 1 N–H and O–H groups in total. The minimum atomic E-state index is -0.625. The van der Waals surface area contributed by atoms with Gasteiger partial charge in [-0.3, -0.25) is 23.9 Å². The molecule has 0 radical (unpaired) electrons. The van der Waals surface area contributed by atoms with Gasteiger partial charge >= 0.3 is 5.69 Å². The molecular weight excluding hydrogens is 364 g/mol. The molecule has 144 valence electrons. The van der Waals surface area contributed by atoms with E-state index < -0.39 is 11.2 Å². The molecule has 0 aliphatic carbocycles. The Labute approximate surface area is 158 Å². The lowest BCUT2D eigenvalue weighted by molar-refractivity contribution is -0.133. The molecule has 3 aromatic rings. The highest BCUT2D eigenvalue weighted by Crippen LogP contribution is 2.20. The van der Waals surface area contributed by atoms with Crippen molar-refractivity contribution in [3.63, 3.8) is 0 Å². The first-order valence-corrected chi connectivity index (χ1v) is 8.87. The van der Waals surface area contributed by atoms with Crippen LogP contribution in [0, 0.1) is 0 Å². The van der Waals surface area contributed by atoms with Crippen molar-refractivity contribution in [2.45, 2.75) is 6.54 Å². The van der Waals surface area contributed by atoms with Gasteiger partial charge in [-0.25, -0.2) is 4.79 Å². The lowest BCUT2D eigenvalue weighted by Crippen LogP contribution is -2.51. The number of rotatable bonds is 3. The van der Waals surface area contributed by atoms with Gasteiger partial charge in [-0.2, -0.15) is 0 Å². The second-order valence-electron chi connectivity index (χ2n) is 6.56. The molecule has 2 amide bonds. The van der Waals surface area contributed by atoms with Gasteiger partial charge in [0.1, 0.15) is 12.1 Å². The summed E-state index contributed by atoms with van der Waals surface area (Å²) in [6.45, 7) is 1.32. The molecule has 0 unspecified atom stereocenters. The number of benzene rings is 1. The molecular formula is C19H18N4O5. The zero-order chi connectivity index (χ0) is 19.7. The van der Waals surface area contributed by atoms with Crippen molar-refractivity contribution in [3.8, 4) is 0 Å². The average Bonchev–Trinajstić information content (AvgIpc) is 3.14. The summed E-state index contributed by atoms with van der Waals surface area (Å²) < 4.78 is 6.77. The highest BCUT2D eigenvalue weighted by molar-refractivity contribution is 5.96. The van der Waals surface area contributed by atoms with Crippen LogP contribution < -0.4 is 11.2 Å². The van der Waals surface area contributed by atoms with Gasteiger partial charge < -0.3 is 14.2 Å². The van der Waals surface area contributed by atoms with E-state index in [4.69, 9.17) is 4.42 Å². The van der Waals surface area contributed by atoms with Crippen molar-refractivity contribution in [1.82, 2.24) is 19.4 Å². The zero-order valence-corrected chi connectivity index (χ0v) is 15.0. The van der Waals surface area contributed by atoms with Crippen LogP contribution in [0.3, 0.4) is 0 Å². The van der Waals surface area contributed by atoms with Crippen molar-refractivity contribution in [3.05, 3.63) is 69.2 Å². The molecule has 9 heteroatoms. The summed E-state index contributed by atoms with van der Waals surface area (Å²) in [6, 6.07) is 10.3. The molecule has 1 fully saturated rings. The number of nitrogens with one attached hydrogen (secondary N) is 1. The largest absolute Gasteiger partial charge is 0.451 e. The van der Waals surface area contributed by atoms with Crippen LogP contribution in [0.5, 0.6) is 0 Å². The molecule has 1 aromatic carbocycles. The van der Waals surface area contributed by atoms with E-state index in [0.717, 1.165) is 9.95 Å². The molecule has 1 saturated heterocycles. The summed E-state index contributed by atoms with van der Waals surface area (Å²) >= 11 is 0. The van der Waals surface area contributed by atoms with Crippen LogP contribution in [0.4, 0.5) is 0 Å². The lowest BCUT2D eigenvalue weighted by Gasteiger charge is -2.34. The van der Waals surface area contributed by atoms with E-state index in [9.17, 15) is 19.2 Å². The monoisotopic (exact) mass is 382 g/mol. The van der Waals surface area contributed by atoms with Crippen LogP contribution in [0.2, 0.25) is 0 Å². The Bertz CT molecular complexity index is 1120. The van der Waals surface area contributed by atoms with Crippen molar-refractivity contribution < 1.29 is 14.0 Å². The maximum atomic E-state index is 12.7. The Hall–Kier alpha value is -3.62. The van der Waals surface area contributed by atoms with Crippen LogP contribution in [-0.2, 0) is 11.3 Å². The molecule has 4 rings (SSSR count). The van der Waals surface area contributed by atoms with Gasteiger partial charge in [-0.15, -0.1) is 0 Å². The average molecular weight is 382 g/mol. The lowest BCUT2D eigenvalue weighted by atomic mass is 10.2. The quantitative estimate of drug-likeness (QED) is 0.699. The second kappa shape index (κ2) is 7.18. The first kappa shape index (κ1) is 17.8. The number of piperazine rings is 1. The van der Waals surface area contributed by atoms with Gasteiger partial charge in [-0.1, -0.05) is 18.2 Å². The molecule has 3 heterocycles. The number of carbonyl (C=O) groups excluding carboxylic acids is 2. The first-order valence-electron chi connectivity index (χ1n) is 8.87. The van der Waals surface area contributed by atoms with E-state index >= 15 is 0 Å². The third-order valence-electron chi connectivity index (χ3n) is 4.76. The van der Waals surface area contributed by atoms with E-state index in [2.05, 4.69) is 4.98 Å². The molecule has 0 spiro atoms.